The lowest BCUT2D eigenvalue weighted by Gasteiger charge is -2.27. The first-order valence-corrected chi connectivity index (χ1v) is 6.34. The largest absolute Gasteiger partial charge is 0.481 e. The average Bonchev–Trinajstić information content (AvgIpc) is 2.27. The number of urea groups is 1. The van der Waals surface area contributed by atoms with E-state index in [4.69, 9.17) is 10.8 Å². The Hall–Kier alpha value is -1.79. The predicted molar refractivity (Wildman–Crippen MR) is 70.5 cm³/mol. The highest BCUT2D eigenvalue weighted by Crippen LogP contribution is 2.08. The highest BCUT2D eigenvalue weighted by Gasteiger charge is 2.25. The molecule has 0 aromatic rings. The number of hydrogen-bond donors (Lipinski definition) is 3. The van der Waals surface area contributed by atoms with Gasteiger partial charge < -0.3 is 21.1 Å². The third kappa shape index (κ3) is 7.28. The molecular formula is C12H23N3O4. The molecule has 1 unspecified atom stereocenters. The Kier molecular flexibility index (Phi) is 7.55. The molecule has 110 valence electrons. The molecule has 19 heavy (non-hydrogen) atoms. The summed E-state index contributed by atoms with van der Waals surface area (Å²) in [4.78, 5) is 35.1. The van der Waals surface area contributed by atoms with E-state index in [9.17, 15) is 14.4 Å². The van der Waals surface area contributed by atoms with Crippen LogP contribution in [0.3, 0.4) is 0 Å². The number of likely N-dealkylation sites (N-methyl/N-ethyl adjacent to an activating group) is 1. The number of amides is 3. The van der Waals surface area contributed by atoms with Gasteiger partial charge in [0.1, 0.15) is 6.04 Å². The predicted octanol–water partition coefficient (Wildman–Crippen LogP) is 0.393. The van der Waals surface area contributed by atoms with Crippen molar-refractivity contribution in [2.24, 2.45) is 11.7 Å². The van der Waals surface area contributed by atoms with Gasteiger partial charge >= 0.3 is 12.0 Å². The summed E-state index contributed by atoms with van der Waals surface area (Å²) >= 11 is 0. The van der Waals surface area contributed by atoms with Crippen LogP contribution in [0.15, 0.2) is 0 Å². The molecule has 0 aromatic heterocycles. The standard InChI is InChI=1S/C12H23N3O4/c1-4-15(6-5-10(16)17)11(18)9(7-8(2)3)14-12(13)19/h8-9H,4-7H2,1-3H3,(H,16,17)(H3,13,14,19). The maximum atomic E-state index is 12.2. The number of carboxylic acid groups (broad SMARTS) is 1. The fraction of sp³-hybridized carbons (Fsp3) is 0.750. The number of nitrogens with one attached hydrogen (secondary N) is 1. The summed E-state index contributed by atoms with van der Waals surface area (Å²) in [6.45, 7) is 6.13. The minimum atomic E-state index is -0.963. The summed E-state index contributed by atoms with van der Waals surface area (Å²) in [7, 11) is 0. The molecule has 0 saturated carbocycles. The van der Waals surface area contributed by atoms with Gasteiger partial charge in [0.2, 0.25) is 5.91 Å². The Morgan fingerprint density at radius 1 is 1.32 bits per heavy atom. The van der Waals surface area contributed by atoms with Crippen molar-refractivity contribution < 1.29 is 19.5 Å². The molecule has 0 bridgehead atoms. The maximum Gasteiger partial charge on any atom is 0.312 e. The SMILES string of the molecule is CCN(CCC(=O)O)C(=O)C(CC(C)C)NC(N)=O. The van der Waals surface area contributed by atoms with E-state index >= 15 is 0 Å². The summed E-state index contributed by atoms with van der Waals surface area (Å²) in [5.41, 5.74) is 5.06. The monoisotopic (exact) mass is 273 g/mol. The second-order valence-electron chi connectivity index (χ2n) is 4.75. The number of rotatable bonds is 8. The van der Waals surface area contributed by atoms with Crippen LogP contribution in [0.1, 0.15) is 33.6 Å². The Morgan fingerprint density at radius 2 is 1.89 bits per heavy atom. The van der Waals surface area contributed by atoms with Crippen LogP contribution < -0.4 is 11.1 Å². The van der Waals surface area contributed by atoms with Crippen molar-refractivity contribution >= 4 is 17.9 Å². The molecule has 1 atom stereocenters. The number of hydrogen-bond acceptors (Lipinski definition) is 3. The molecule has 0 radical (unpaired) electrons. The minimum Gasteiger partial charge on any atom is -0.481 e. The van der Waals surface area contributed by atoms with Crippen molar-refractivity contribution in [2.45, 2.75) is 39.7 Å². The van der Waals surface area contributed by atoms with Crippen molar-refractivity contribution in [1.29, 1.82) is 0 Å². The van der Waals surface area contributed by atoms with Crippen molar-refractivity contribution in [1.82, 2.24) is 10.2 Å². The highest BCUT2D eigenvalue weighted by molar-refractivity contribution is 5.86. The summed E-state index contributed by atoms with van der Waals surface area (Å²) in [5.74, 6) is -1.05. The minimum absolute atomic E-state index is 0.120. The van der Waals surface area contributed by atoms with E-state index in [-0.39, 0.29) is 24.8 Å². The molecule has 7 nitrogen and oxygen atoms in total. The number of primary amides is 1. The van der Waals surface area contributed by atoms with Crippen LogP contribution in [0, 0.1) is 5.92 Å². The first-order chi connectivity index (χ1) is 8.77. The summed E-state index contributed by atoms with van der Waals surface area (Å²) in [6, 6.07) is -1.46. The number of carbonyl (C=O) groups is 3. The van der Waals surface area contributed by atoms with Crippen molar-refractivity contribution in [3.63, 3.8) is 0 Å². The van der Waals surface area contributed by atoms with Crippen LogP contribution in [0.25, 0.3) is 0 Å². The average molecular weight is 273 g/mol. The van der Waals surface area contributed by atoms with Crippen LogP contribution in [-0.2, 0) is 9.59 Å². The third-order valence-electron chi connectivity index (χ3n) is 2.61. The van der Waals surface area contributed by atoms with Crippen LogP contribution >= 0.6 is 0 Å². The molecule has 3 amide bonds. The fourth-order valence-corrected chi connectivity index (χ4v) is 1.74. The summed E-state index contributed by atoms with van der Waals surface area (Å²) in [6.07, 6.45) is 0.343. The zero-order valence-corrected chi connectivity index (χ0v) is 11.7. The van der Waals surface area contributed by atoms with Gasteiger partial charge in [-0.2, -0.15) is 0 Å². The third-order valence-corrected chi connectivity index (χ3v) is 2.61. The zero-order valence-electron chi connectivity index (χ0n) is 11.7. The van der Waals surface area contributed by atoms with E-state index in [1.807, 2.05) is 13.8 Å². The molecule has 0 saturated heterocycles. The van der Waals surface area contributed by atoms with Crippen molar-refractivity contribution in [3.8, 4) is 0 Å². The molecule has 7 heteroatoms. The van der Waals surface area contributed by atoms with Crippen LogP contribution in [-0.4, -0.2) is 47.0 Å². The van der Waals surface area contributed by atoms with Crippen molar-refractivity contribution in [3.05, 3.63) is 0 Å². The number of nitrogens with zero attached hydrogens (tertiary/aromatic N) is 1. The molecule has 0 spiro atoms. The quantitative estimate of drug-likeness (QED) is 0.593. The first-order valence-electron chi connectivity index (χ1n) is 6.34. The van der Waals surface area contributed by atoms with Crippen LogP contribution in [0.2, 0.25) is 0 Å². The molecule has 0 fully saturated rings. The lowest BCUT2D eigenvalue weighted by atomic mass is 10.0. The van der Waals surface area contributed by atoms with E-state index in [1.54, 1.807) is 6.92 Å². The molecule has 4 N–H and O–H groups in total. The Labute approximate surface area is 113 Å². The Morgan fingerprint density at radius 3 is 2.26 bits per heavy atom. The van der Waals surface area contributed by atoms with Gasteiger partial charge in [0.05, 0.1) is 6.42 Å². The molecule has 0 aliphatic rings. The van der Waals surface area contributed by atoms with Gasteiger partial charge in [-0.1, -0.05) is 13.8 Å². The van der Waals surface area contributed by atoms with Gasteiger partial charge in [-0.05, 0) is 19.3 Å². The fourth-order valence-electron chi connectivity index (χ4n) is 1.74. The van der Waals surface area contributed by atoms with Gasteiger partial charge in [-0.25, -0.2) is 4.79 Å². The second kappa shape index (κ2) is 8.34. The van der Waals surface area contributed by atoms with Gasteiger partial charge in [-0.15, -0.1) is 0 Å². The molecule has 0 aliphatic heterocycles. The van der Waals surface area contributed by atoms with Gasteiger partial charge in [0.25, 0.3) is 0 Å². The molecule has 0 heterocycles. The normalized spacial score (nSPS) is 12.0. The Balaban J connectivity index is 4.71. The second-order valence-corrected chi connectivity index (χ2v) is 4.75. The number of carboxylic acids is 1. The van der Waals surface area contributed by atoms with Crippen LogP contribution in [0.5, 0.6) is 0 Å². The lowest BCUT2D eigenvalue weighted by Crippen LogP contribution is -2.51. The van der Waals surface area contributed by atoms with Crippen LogP contribution in [0.4, 0.5) is 4.79 Å². The molecule has 0 rings (SSSR count). The Bertz CT molecular complexity index is 331. The van der Waals surface area contributed by atoms with Gasteiger partial charge in [-0.3, -0.25) is 9.59 Å². The van der Waals surface area contributed by atoms with E-state index in [1.165, 1.54) is 4.90 Å². The maximum absolute atomic E-state index is 12.2. The topological polar surface area (TPSA) is 113 Å². The number of aliphatic carboxylic acids is 1. The van der Waals surface area contributed by atoms with E-state index < -0.39 is 18.0 Å². The van der Waals surface area contributed by atoms with Crippen molar-refractivity contribution in [2.75, 3.05) is 13.1 Å². The molecular weight excluding hydrogens is 250 g/mol. The van der Waals surface area contributed by atoms with E-state index in [0.29, 0.717) is 13.0 Å². The smallest absolute Gasteiger partial charge is 0.312 e. The van der Waals surface area contributed by atoms with Gasteiger partial charge in [0.15, 0.2) is 0 Å². The number of carbonyl (C=O) groups excluding carboxylic acids is 2. The zero-order chi connectivity index (χ0) is 15.0. The van der Waals surface area contributed by atoms with E-state index in [2.05, 4.69) is 5.32 Å². The molecule has 0 aromatic carbocycles. The lowest BCUT2D eigenvalue weighted by molar-refractivity contribution is -0.139. The summed E-state index contributed by atoms with van der Waals surface area (Å²) in [5, 5.41) is 11.1. The first kappa shape index (κ1) is 17.2. The highest BCUT2D eigenvalue weighted by atomic mass is 16.4. The summed E-state index contributed by atoms with van der Waals surface area (Å²) < 4.78 is 0. The molecule has 0 aliphatic carbocycles. The van der Waals surface area contributed by atoms with E-state index in [0.717, 1.165) is 0 Å². The van der Waals surface area contributed by atoms with Gasteiger partial charge in [0, 0.05) is 13.1 Å². The number of nitrogens with two attached hydrogens (primary N) is 1.